The number of carbonyl (C=O) groups excluding carboxylic acids is 2. The van der Waals surface area contributed by atoms with Crippen molar-refractivity contribution in [2.45, 2.75) is 49.8 Å². The Labute approximate surface area is 179 Å². The summed E-state index contributed by atoms with van der Waals surface area (Å²) in [5.41, 5.74) is 0.842. The van der Waals surface area contributed by atoms with Gasteiger partial charge in [-0.05, 0) is 39.3 Å². The topological polar surface area (TPSA) is 55.9 Å². The third-order valence-electron chi connectivity index (χ3n) is 5.25. The molecular weight excluding hydrogens is 384 g/mol. The van der Waals surface area contributed by atoms with E-state index < -0.39 is 0 Å². The van der Waals surface area contributed by atoms with E-state index in [1.165, 1.54) is 4.90 Å². The number of nitrogens with zero attached hydrogens (tertiary/aromatic N) is 3. The van der Waals surface area contributed by atoms with Crippen LogP contribution >= 0.6 is 11.8 Å². The number of benzene rings is 1. The van der Waals surface area contributed by atoms with Gasteiger partial charge in [0, 0.05) is 48.4 Å². The van der Waals surface area contributed by atoms with Crippen LogP contribution in [0.4, 0.5) is 5.69 Å². The lowest BCUT2D eigenvalue weighted by Crippen LogP contribution is -2.53. The summed E-state index contributed by atoms with van der Waals surface area (Å²) in [6.45, 7) is 13.1. The van der Waals surface area contributed by atoms with Crippen LogP contribution in [0.3, 0.4) is 0 Å². The third kappa shape index (κ3) is 6.46. The highest BCUT2D eigenvalue weighted by molar-refractivity contribution is 8.00. The number of anilines is 1. The van der Waals surface area contributed by atoms with E-state index in [0.29, 0.717) is 18.3 Å². The lowest BCUT2D eigenvalue weighted by atomic mass is 10.1. The Morgan fingerprint density at radius 3 is 2.31 bits per heavy atom. The second-order valence-electron chi connectivity index (χ2n) is 9.08. The molecule has 0 aromatic heterocycles. The summed E-state index contributed by atoms with van der Waals surface area (Å²) in [4.78, 5) is 32.8. The van der Waals surface area contributed by atoms with Crippen molar-refractivity contribution in [3.63, 3.8) is 0 Å². The fourth-order valence-electron chi connectivity index (χ4n) is 3.79. The molecule has 0 radical (unpaired) electrons. The van der Waals surface area contributed by atoms with Crippen molar-refractivity contribution < 1.29 is 9.59 Å². The Balaban J connectivity index is 1.52. The Bertz CT molecular complexity index is 726. The van der Waals surface area contributed by atoms with Crippen molar-refractivity contribution in [3.8, 4) is 0 Å². The molecule has 0 bridgehead atoms. The van der Waals surface area contributed by atoms with Crippen molar-refractivity contribution in [1.82, 2.24) is 15.1 Å². The molecule has 1 unspecified atom stereocenters. The zero-order valence-electron chi connectivity index (χ0n) is 18.1. The summed E-state index contributed by atoms with van der Waals surface area (Å²) in [5, 5.41) is 3.53. The number of para-hydroxylation sites is 1. The first-order valence-corrected chi connectivity index (χ1v) is 11.4. The third-order valence-corrected chi connectivity index (χ3v) is 6.49. The molecule has 0 spiro atoms. The van der Waals surface area contributed by atoms with Gasteiger partial charge < -0.3 is 10.2 Å². The van der Waals surface area contributed by atoms with Gasteiger partial charge in [-0.2, -0.15) is 0 Å². The summed E-state index contributed by atoms with van der Waals surface area (Å²) in [7, 11) is 0. The normalized spacial score (nSPS) is 21.4. The number of hydrogen-bond donors (Lipinski definition) is 1. The molecule has 2 aliphatic rings. The van der Waals surface area contributed by atoms with E-state index in [1.54, 1.807) is 0 Å². The fraction of sp³-hybridized carbons (Fsp3) is 0.636. The van der Waals surface area contributed by atoms with Crippen molar-refractivity contribution in [3.05, 3.63) is 24.3 Å². The number of rotatable bonds is 4. The lowest BCUT2D eigenvalue weighted by molar-refractivity contribution is -0.125. The first kappa shape index (κ1) is 22.1. The van der Waals surface area contributed by atoms with Crippen molar-refractivity contribution in [2.75, 3.05) is 50.7 Å². The number of hydrogen-bond acceptors (Lipinski definition) is 5. The summed E-state index contributed by atoms with van der Waals surface area (Å²) in [5.74, 6) is 0.237. The molecule has 0 saturated carbocycles. The summed E-state index contributed by atoms with van der Waals surface area (Å²) >= 11 is 1.86. The molecule has 0 aliphatic carbocycles. The van der Waals surface area contributed by atoms with Crippen molar-refractivity contribution >= 4 is 29.3 Å². The van der Waals surface area contributed by atoms with E-state index in [-0.39, 0.29) is 17.4 Å². The van der Waals surface area contributed by atoms with Crippen LogP contribution in [0.5, 0.6) is 0 Å². The number of nitrogens with one attached hydrogen (secondary N) is 1. The molecule has 7 heteroatoms. The average Bonchev–Trinajstić information content (AvgIpc) is 2.80. The minimum Gasteiger partial charge on any atom is -0.350 e. The predicted octanol–water partition coefficient (Wildman–Crippen LogP) is 2.44. The van der Waals surface area contributed by atoms with Gasteiger partial charge in [0.05, 0.1) is 18.8 Å². The van der Waals surface area contributed by atoms with Gasteiger partial charge in [-0.1, -0.05) is 19.1 Å². The van der Waals surface area contributed by atoms with E-state index in [4.69, 9.17) is 0 Å². The summed E-state index contributed by atoms with van der Waals surface area (Å²) in [6, 6.07) is 8.23. The van der Waals surface area contributed by atoms with E-state index in [1.807, 2.05) is 49.6 Å². The average molecular weight is 419 g/mol. The highest BCUT2D eigenvalue weighted by Crippen LogP contribution is 2.37. The van der Waals surface area contributed by atoms with Gasteiger partial charge in [0.15, 0.2) is 0 Å². The van der Waals surface area contributed by atoms with Gasteiger partial charge in [0.2, 0.25) is 11.8 Å². The molecular formula is C22H34N4O2S. The highest BCUT2D eigenvalue weighted by Gasteiger charge is 2.27. The Morgan fingerprint density at radius 1 is 1.03 bits per heavy atom. The zero-order chi connectivity index (χ0) is 21.0. The number of carbonyl (C=O) groups is 2. The first-order chi connectivity index (χ1) is 13.7. The first-order valence-electron chi connectivity index (χ1n) is 10.5. The number of fused-ring (bicyclic) bond motifs is 1. The van der Waals surface area contributed by atoms with Crippen LogP contribution in [-0.2, 0) is 9.59 Å². The molecule has 1 aromatic carbocycles. The van der Waals surface area contributed by atoms with Gasteiger partial charge in [-0.3, -0.25) is 19.4 Å². The van der Waals surface area contributed by atoms with E-state index in [9.17, 15) is 9.59 Å². The van der Waals surface area contributed by atoms with Gasteiger partial charge in [0.25, 0.3) is 0 Å². The fourth-order valence-corrected chi connectivity index (χ4v) is 4.90. The molecule has 1 aromatic rings. The van der Waals surface area contributed by atoms with Gasteiger partial charge in [-0.25, -0.2) is 0 Å². The smallest absolute Gasteiger partial charge is 0.241 e. The number of thioether (sulfide) groups is 1. The quantitative estimate of drug-likeness (QED) is 0.814. The maximum atomic E-state index is 13.1. The Kier molecular flexibility index (Phi) is 7.24. The minimum atomic E-state index is -0.204. The molecule has 1 fully saturated rings. The Morgan fingerprint density at radius 2 is 1.66 bits per heavy atom. The SMILES string of the molecule is CC1CCN(C(=O)CN2CCN(CC(=O)NC(C)(C)C)CC2)c2ccccc2S1. The second-order valence-corrected chi connectivity index (χ2v) is 10.6. The van der Waals surface area contributed by atoms with Crippen LogP contribution in [0.15, 0.2) is 29.2 Å². The molecule has 160 valence electrons. The van der Waals surface area contributed by atoms with Crippen molar-refractivity contribution in [2.24, 2.45) is 0 Å². The van der Waals surface area contributed by atoms with Gasteiger partial charge in [-0.15, -0.1) is 11.8 Å². The molecule has 1 saturated heterocycles. The van der Waals surface area contributed by atoms with Crippen LogP contribution < -0.4 is 10.2 Å². The molecule has 6 nitrogen and oxygen atoms in total. The largest absolute Gasteiger partial charge is 0.350 e. The van der Waals surface area contributed by atoms with Crippen LogP contribution in [0.1, 0.15) is 34.1 Å². The number of piperazine rings is 1. The molecule has 2 heterocycles. The molecule has 1 N–H and O–H groups in total. The monoisotopic (exact) mass is 418 g/mol. The number of amides is 2. The second kappa shape index (κ2) is 9.49. The molecule has 2 aliphatic heterocycles. The van der Waals surface area contributed by atoms with Crippen molar-refractivity contribution in [1.29, 1.82) is 0 Å². The van der Waals surface area contributed by atoms with Crippen LogP contribution in [0.2, 0.25) is 0 Å². The Hall–Kier alpha value is -1.57. The zero-order valence-corrected chi connectivity index (χ0v) is 18.9. The maximum absolute atomic E-state index is 13.1. The standard InChI is InChI=1S/C22H34N4O2S/c1-17-9-10-26(18-7-5-6-8-19(18)29-17)21(28)16-25-13-11-24(12-14-25)15-20(27)23-22(2,3)4/h5-8,17H,9-16H2,1-4H3,(H,23,27). The predicted molar refractivity (Wildman–Crippen MR) is 120 cm³/mol. The van der Waals surface area contributed by atoms with Crippen LogP contribution in [0.25, 0.3) is 0 Å². The molecule has 29 heavy (non-hydrogen) atoms. The lowest BCUT2D eigenvalue weighted by Gasteiger charge is -2.35. The van der Waals surface area contributed by atoms with E-state index >= 15 is 0 Å². The maximum Gasteiger partial charge on any atom is 0.241 e. The highest BCUT2D eigenvalue weighted by atomic mass is 32.2. The molecule has 3 rings (SSSR count). The van der Waals surface area contributed by atoms with Crippen LogP contribution in [-0.4, -0.2) is 78.2 Å². The van der Waals surface area contributed by atoms with Gasteiger partial charge in [0.1, 0.15) is 0 Å². The van der Waals surface area contributed by atoms with E-state index in [0.717, 1.165) is 44.8 Å². The summed E-state index contributed by atoms with van der Waals surface area (Å²) < 4.78 is 0. The minimum absolute atomic E-state index is 0.0646. The van der Waals surface area contributed by atoms with Crippen LogP contribution in [0, 0.1) is 0 Å². The molecule has 2 amide bonds. The van der Waals surface area contributed by atoms with E-state index in [2.05, 4.69) is 34.2 Å². The molecule has 1 atom stereocenters. The van der Waals surface area contributed by atoms with Gasteiger partial charge >= 0.3 is 0 Å². The summed E-state index contributed by atoms with van der Waals surface area (Å²) in [6.07, 6.45) is 1.00.